The van der Waals surface area contributed by atoms with E-state index in [-0.39, 0.29) is 19.7 Å². The van der Waals surface area contributed by atoms with Crippen LogP contribution in [0.4, 0.5) is 4.79 Å². The third-order valence-corrected chi connectivity index (χ3v) is 2.96. The topological polar surface area (TPSA) is 101 Å². The second-order valence-electron chi connectivity index (χ2n) is 3.18. The Morgan fingerprint density at radius 3 is 2.53 bits per heavy atom. The van der Waals surface area contributed by atoms with Crippen molar-refractivity contribution in [3.05, 3.63) is 0 Å². The normalized spacial score (nSPS) is 22.5. The highest BCUT2D eigenvalue weighted by molar-refractivity contribution is 8.05. The number of sulfone groups is 1. The fraction of sp³-hybridized carbons (Fsp3) is 0.714. The second-order valence-corrected chi connectivity index (χ2v) is 5.13. The van der Waals surface area contributed by atoms with Gasteiger partial charge in [0.25, 0.3) is 5.12 Å². The molecule has 1 N–H and O–H groups in total. The number of hydrogen-bond donors (Lipinski definition) is 1. The Morgan fingerprint density at radius 1 is 1.47 bits per heavy atom. The summed E-state index contributed by atoms with van der Waals surface area (Å²) in [5.41, 5.74) is 0. The number of morpholine rings is 1. The summed E-state index contributed by atoms with van der Waals surface area (Å²) in [6.07, 6.45) is -1.62. The van der Waals surface area contributed by atoms with Crippen LogP contribution in [-0.4, -0.2) is 61.7 Å². The van der Waals surface area contributed by atoms with Gasteiger partial charge in [0.05, 0.1) is 13.2 Å². The number of ether oxygens (including phenoxy) is 1. The molecular weight excluding hydrogens is 226 g/mol. The minimum atomic E-state index is -3.84. The number of hydrogen-bond acceptors (Lipinski definition) is 5. The molecule has 1 rings (SSSR count). The maximum absolute atomic E-state index is 11.3. The third-order valence-electron chi connectivity index (χ3n) is 1.97. The molecule has 1 saturated heterocycles. The smallest absolute Gasteiger partial charge is 0.407 e. The Labute approximate surface area is 86.5 Å². The van der Waals surface area contributed by atoms with E-state index in [2.05, 4.69) is 0 Å². The van der Waals surface area contributed by atoms with Gasteiger partial charge in [-0.05, 0) is 0 Å². The van der Waals surface area contributed by atoms with Gasteiger partial charge in [-0.25, -0.2) is 13.2 Å². The first-order chi connectivity index (χ1) is 6.82. The van der Waals surface area contributed by atoms with Gasteiger partial charge in [-0.15, -0.1) is 0 Å². The van der Waals surface area contributed by atoms with Crippen LogP contribution in [0.25, 0.3) is 0 Å². The summed E-state index contributed by atoms with van der Waals surface area (Å²) in [5, 5.41) is 7.57. The van der Waals surface area contributed by atoms with Crippen molar-refractivity contribution >= 4 is 21.0 Å². The molecule has 1 aliphatic rings. The molecule has 0 aromatic rings. The van der Waals surface area contributed by atoms with E-state index in [9.17, 15) is 18.0 Å². The van der Waals surface area contributed by atoms with Gasteiger partial charge in [-0.1, -0.05) is 0 Å². The number of carbonyl (C=O) groups excluding carboxylic acids is 1. The van der Waals surface area contributed by atoms with Crippen LogP contribution in [0.15, 0.2) is 0 Å². The van der Waals surface area contributed by atoms with Crippen molar-refractivity contribution in [2.45, 2.75) is 6.10 Å². The summed E-state index contributed by atoms with van der Waals surface area (Å²) in [5.74, 6) is 0. The minimum absolute atomic E-state index is 0.0260. The predicted molar refractivity (Wildman–Crippen MR) is 49.2 cm³/mol. The maximum Gasteiger partial charge on any atom is 0.407 e. The van der Waals surface area contributed by atoms with E-state index in [0.29, 0.717) is 0 Å². The summed E-state index contributed by atoms with van der Waals surface area (Å²) < 4.78 is 26.7. The molecule has 0 bridgehead atoms. The van der Waals surface area contributed by atoms with E-state index in [0.717, 1.165) is 11.2 Å². The zero-order chi connectivity index (χ0) is 11.6. The predicted octanol–water partition coefficient (Wildman–Crippen LogP) is -1.06. The molecule has 0 aromatic heterocycles. The molecule has 0 aliphatic carbocycles. The summed E-state index contributed by atoms with van der Waals surface area (Å²) in [7, 11) is -3.84. The molecule has 1 amide bonds. The fourth-order valence-electron chi connectivity index (χ4n) is 1.20. The van der Waals surface area contributed by atoms with E-state index in [1.807, 2.05) is 0 Å². The SMILES string of the molecule is CS(=O)(=O)C(=O)C1CN(C(=O)O)CCO1. The van der Waals surface area contributed by atoms with Crippen LogP contribution < -0.4 is 0 Å². The van der Waals surface area contributed by atoms with Gasteiger partial charge >= 0.3 is 6.09 Å². The Balaban J connectivity index is 2.73. The summed E-state index contributed by atoms with van der Waals surface area (Å²) in [4.78, 5) is 22.8. The lowest BCUT2D eigenvalue weighted by molar-refractivity contribution is -0.126. The van der Waals surface area contributed by atoms with Crippen molar-refractivity contribution in [3.63, 3.8) is 0 Å². The number of nitrogens with zero attached hydrogens (tertiary/aromatic N) is 1. The highest BCUT2D eigenvalue weighted by atomic mass is 32.2. The first-order valence-corrected chi connectivity index (χ1v) is 6.05. The molecule has 0 saturated carbocycles. The first-order valence-electron chi connectivity index (χ1n) is 4.15. The number of rotatable bonds is 1. The molecule has 1 heterocycles. The van der Waals surface area contributed by atoms with Crippen molar-refractivity contribution < 1.29 is 27.9 Å². The van der Waals surface area contributed by atoms with Crippen LogP contribution in [0.2, 0.25) is 0 Å². The third kappa shape index (κ3) is 2.90. The van der Waals surface area contributed by atoms with Crippen LogP contribution in [0.5, 0.6) is 0 Å². The molecule has 8 heteroatoms. The number of carbonyl (C=O) groups is 2. The van der Waals surface area contributed by atoms with Crippen LogP contribution in [0.1, 0.15) is 0 Å². The molecule has 0 aromatic carbocycles. The minimum Gasteiger partial charge on any atom is -0.465 e. The quantitative estimate of drug-likeness (QED) is 0.623. The van der Waals surface area contributed by atoms with E-state index in [4.69, 9.17) is 9.84 Å². The Bertz CT molecular complexity index is 375. The molecule has 7 nitrogen and oxygen atoms in total. The lowest BCUT2D eigenvalue weighted by Crippen LogP contribution is -2.49. The molecule has 15 heavy (non-hydrogen) atoms. The Hall–Kier alpha value is -1.15. The zero-order valence-corrected chi connectivity index (χ0v) is 8.86. The zero-order valence-electron chi connectivity index (χ0n) is 8.04. The highest BCUT2D eigenvalue weighted by Crippen LogP contribution is 2.08. The van der Waals surface area contributed by atoms with Crippen LogP contribution >= 0.6 is 0 Å². The number of carboxylic acid groups (broad SMARTS) is 1. The van der Waals surface area contributed by atoms with Crippen LogP contribution in [0, 0.1) is 0 Å². The number of amides is 1. The van der Waals surface area contributed by atoms with E-state index in [1.165, 1.54) is 0 Å². The molecule has 1 unspecified atom stereocenters. The van der Waals surface area contributed by atoms with E-state index in [1.54, 1.807) is 0 Å². The van der Waals surface area contributed by atoms with E-state index >= 15 is 0 Å². The van der Waals surface area contributed by atoms with Crippen LogP contribution in [0.3, 0.4) is 0 Å². The molecule has 0 spiro atoms. The second kappa shape index (κ2) is 4.15. The molecule has 1 atom stereocenters. The lowest BCUT2D eigenvalue weighted by atomic mass is 10.3. The van der Waals surface area contributed by atoms with Gasteiger partial charge < -0.3 is 14.7 Å². The van der Waals surface area contributed by atoms with Crippen LogP contribution in [-0.2, 0) is 19.4 Å². The average molecular weight is 237 g/mol. The van der Waals surface area contributed by atoms with Crippen molar-refractivity contribution in [3.8, 4) is 0 Å². The first kappa shape index (κ1) is 11.9. The van der Waals surface area contributed by atoms with Crippen molar-refractivity contribution in [2.75, 3.05) is 26.0 Å². The average Bonchev–Trinajstić information content (AvgIpc) is 2.15. The van der Waals surface area contributed by atoms with Gasteiger partial charge in [0.2, 0.25) is 9.84 Å². The van der Waals surface area contributed by atoms with Crippen molar-refractivity contribution in [1.29, 1.82) is 0 Å². The molecular formula is C7H11NO6S. The fourth-order valence-corrected chi connectivity index (χ4v) is 1.82. The van der Waals surface area contributed by atoms with Gasteiger partial charge in [-0.2, -0.15) is 0 Å². The standard InChI is InChI=1S/C7H11NO6S/c1-15(12,13)6(9)5-4-8(7(10)11)2-3-14-5/h5H,2-4H2,1H3,(H,10,11). The molecule has 86 valence electrons. The molecule has 0 radical (unpaired) electrons. The maximum atomic E-state index is 11.3. The summed E-state index contributed by atoms with van der Waals surface area (Å²) >= 11 is 0. The van der Waals surface area contributed by atoms with Gasteiger partial charge in [0.1, 0.15) is 6.10 Å². The lowest BCUT2D eigenvalue weighted by Gasteiger charge is -2.29. The molecule has 1 aliphatic heterocycles. The summed E-state index contributed by atoms with van der Waals surface area (Å²) in [6.45, 7) is -0.0671. The van der Waals surface area contributed by atoms with Crippen molar-refractivity contribution in [2.24, 2.45) is 0 Å². The highest BCUT2D eigenvalue weighted by Gasteiger charge is 2.34. The molecule has 1 fully saturated rings. The van der Waals surface area contributed by atoms with Gasteiger partial charge in [0, 0.05) is 12.8 Å². The Morgan fingerprint density at radius 2 is 2.07 bits per heavy atom. The monoisotopic (exact) mass is 237 g/mol. The van der Waals surface area contributed by atoms with Crippen molar-refractivity contribution in [1.82, 2.24) is 4.90 Å². The largest absolute Gasteiger partial charge is 0.465 e. The van der Waals surface area contributed by atoms with Gasteiger partial charge in [0.15, 0.2) is 0 Å². The van der Waals surface area contributed by atoms with Gasteiger partial charge in [-0.3, -0.25) is 4.79 Å². The summed E-state index contributed by atoms with van der Waals surface area (Å²) in [6, 6.07) is 0. The van der Waals surface area contributed by atoms with E-state index < -0.39 is 27.1 Å². The Kier molecular flexibility index (Phi) is 3.30.